The van der Waals surface area contributed by atoms with Crippen LogP contribution in [0.4, 0.5) is 0 Å². The molecule has 1 N–H and O–H groups in total. The summed E-state index contributed by atoms with van der Waals surface area (Å²) >= 11 is 0. The van der Waals surface area contributed by atoms with Crippen molar-refractivity contribution in [3.63, 3.8) is 0 Å². The van der Waals surface area contributed by atoms with Crippen molar-refractivity contribution in [3.05, 3.63) is 34.9 Å². The number of carbonyl (C=O) groups excluding carboxylic acids is 1. The standard InChI is InChI=1S/C17H26N2O/c1-5-18-17(4)9-11-19(12-10-17)16(20)15-13(2)7-6-8-14(15)3/h6-8,18H,5,9-12H2,1-4H3. The molecule has 2 rings (SSSR count). The smallest absolute Gasteiger partial charge is 0.254 e. The molecule has 110 valence electrons. The molecule has 3 heteroatoms. The topological polar surface area (TPSA) is 32.3 Å². The Bertz CT molecular complexity index is 468. The average Bonchev–Trinajstić information content (AvgIpc) is 2.39. The molecule has 0 aromatic heterocycles. The van der Waals surface area contributed by atoms with Crippen LogP contribution in [0, 0.1) is 13.8 Å². The summed E-state index contributed by atoms with van der Waals surface area (Å²) in [7, 11) is 0. The van der Waals surface area contributed by atoms with E-state index in [0.717, 1.165) is 49.2 Å². The van der Waals surface area contributed by atoms with Crippen molar-refractivity contribution >= 4 is 5.91 Å². The summed E-state index contributed by atoms with van der Waals surface area (Å²) in [6.45, 7) is 11.1. The van der Waals surface area contributed by atoms with Gasteiger partial charge in [-0.1, -0.05) is 25.1 Å². The minimum Gasteiger partial charge on any atom is -0.338 e. The maximum absolute atomic E-state index is 12.7. The first-order valence-electron chi connectivity index (χ1n) is 7.57. The first-order chi connectivity index (χ1) is 9.47. The third-order valence-corrected chi connectivity index (χ3v) is 4.45. The van der Waals surface area contributed by atoms with E-state index in [2.05, 4.69) is 19.2 Å². The number of nitrogens with one attached hydrogen (secondary N) is 1. The number of carbonyl (C=O) groups is 1. The van der Waals surface area contributed by atoms with Crippen LogP contribution in [0.1, 0.15) is 48.2 Å². The second kappa shape index (κ2) is 5.96. The van der Waals surface area contributed by atoms with Gasteiger partial charge in [0.2, 0.25) is 0 Å². The lowest BCUT2D eigenvalue weighted by Gasteiger charge is -2.40. The summed E-state index contributed by atoms with van der Waals surface area (Å²) < 4.78 is 0. The molecular formula is C17H26N2O. The molecule has 0 aliphatic carbocycles. The van der Waals surface area contributed by atoms with E-state index in [9.17, 15) is 4.79 Å². The predicted octanol–water partition coefficient (Wildman–Crippen LogP) is 2.91. The molecule has 0 atom stereocenters. The molecule has 0 unspecified atom stereocenters. The fourth-order valence-electron chi connectivity index (χ4n) is 3.12. The Labute approximate surface area is 122 Å². The Morgan fingerprint density at radius 3 is 2.30 bits per heavy atom. The van der Waals surface area contributed by atoms with E-state index in [0.29, 0.717) is 0 Å². The maximum Gasteiger partial charge on any atom is 0.254 e. The van der Waals surface area contributed by atoms with Gasteiger partial charge < -0.3 is 10.2 Å². The number of likely N-dealkylation sites (tertiary alicyclic amines) is 1. The van der Waals surface area contributed by atoms with Crippen LogP contribution in [-0.2, 0) is 0 Å². The number of benzene rings is 1. The summed E-state index contributed by atoms with van der Waals surface area (Å²) in [6, 6.07) is 6.06. The number of rotatable bonds is 3. The molecule has 0 radical (unpaired) electrons. The van der Waals surface area contributed by atoms with Crippen molar-refractivity contribution in [2.75, 3.05) is 19.6 Å². The molecule has 1 aliphatic heterocycles. The molecule has 1 saturated heterocycles. The number of piperidine rings is 1. The van der Waals surface area contributed by atoms with Gasteiger partial charge in [-0.25, -0.2) is 0 Å². The van der Waals surface area contributed by atoms with Crippen molar-refractivity contribution in [2.24, 2.45) is 0 Å². The molecule has 0 spiro atoms. The Balaban J connectivity index is 2.09. The van der Waals surface area contributed by atoms with Crippen LogP contribution in [0.15, 0.2) is 18.2 Å². The van der Waals surface area contributed by atoms with Gasteiger partial charge in [0.25, 0.3) is 5.91 Å². The predicted molar refractivity (Wildman–Crippen MR) is 83.1 cm³/mol. The Kier molecular flexibility index (Phi) is 4.48. The highest BCUT2D eigenvalue weighted by molar-refractivity contribution is 5.97. The van der Waals surface area contributed by atoms with Crippen LogP contribution in [0.25, 0.3) is 0 Å². The normalized spacial score (nSPS) is 18.1. The maximum atomic E-state index is 12.7. The van der Waals surface area contributed by atoms with Gasteiger partial charge in [-0.05, 0) is 51.3 Å². The number of hydrogen-bond acceptors (Lipinski definition) is 2. The number of aryl methyl sites for hydroxylation is 2. The monoisotopic (exact) mass is 274 g/mol. The summed E-state index contributed by atoms with van der Waals surface area (Å²) in [5.41, 5.74) is 3.23. The molecule has 3 nitrogen and oxygen atoms in total. The van der Waals surface area contributed by atoms with Gasteiger partial charge >= 0.3 is 0 Å². The molecule has 0 saturated carbocycles. The zero-order chi connectivity index (χ0) is 14.8. The van der Waals surface area contributed by atoms with Gasteiger partial charge in [0.05, 0.1) is 0 Å². The van der Waals surface area contributed by atoms with Crippen LogP contribution in [-0.4, -0.2) is 36.0 Å². The molecule has 1 aromatic rings. The molecule has 1 fully saturated rings. The van der Waals surface area contributed by atoms with Gasteiger partial charge in [-0.2, -0.15) is 0 Å². The summed E-state index contributed by atoms with van der Waals surface area (Å²) in [6.07, 6.45) is 2.05. The summed E-state index contributed by atoms with van der Waals surface area (Å²) in [5, 5.41) is 3.54. The largest absolute Gasteiger partial charge is 0.338 e. The van der Waals surface area contributed by atoms with Gasteiger partial charge in [0, 0.05) is 24.2 Å². The van der Waals surface area contributed by atoms with E-state index in [1.165, 1.54) is 0 Å². The molecule has 1 heterocycles. The van der Waals surface area contributed by atoms with Crippen LogP contribution < -0.4 is 5.32 Å². The van der Waals surface area contributed by atoms with E-state index in [4.69, 9.17) is 0 Å². The zero-order valence-corrected chi connectivity index (χ0v) is 13.1. The van der Waals surface area contributed by atoms with E-state index in [1.54, 1.807) is 0 Å². The average molecular weight is 274 g/mol. The molecule has 0 bridgehead atoms. The van der Waals surface area contributed by atoms with Gasteiger partial charge in [0.1, 0.15) is 0 Å². The first-order valence-corrected chi connectivity index (χ1v) is 7.57. The van der Waals surface area contributed by atoms with Crippen molar-refractivity contribution in [1.29, 1.82) is 0 Å². The Hall–Kier alpha value is -1.35. The van der Waals surface area contributed by atoms with Crippen molar-refractivity contribution in [3.8, 4) is 0 Å². The molecule has 1 aromatic carbocycles. The number of nitrogens with zero attached hydrogens (tertiary/aromatic N) is 1. The zero-order valence-electron chi connectivity index (χ0n) is 13.1. The lowest BCUT2D eigenvalue weighted by molar-refractivity contribution is 0.0656. The molecule has 1 aliphatic rings. The number of hydrogen-bond donors (Lipinski definition) is 1. The molecular weight excluding hydrogens is 248 g/mol. The van der Waals surface area contributed by atoms with Gasteiger partial charge in [-0.3, -0.25) is 4.79 Å². The minimum atomic E-state index is 0.187. The van der Waals surface area contributed by atoms with Crippen LogP contribution >= 0.6 is 0 Å². The Morgan fingerprint density at radius 1 is 1.25 bits per heavy atom. The number of amides is 1. The highest BCUT2D eigenvalue weighted by Crippen LogP contribution is 2.24. The van der Waals surface area contributed by atoms with Gasteiger partial charge in [0.15, 0.2) is 0 Å². The first kappa shape index (κ1) is 15.0. The lowest BCUT2D eigenvalue weighted by Crippen LogP contribution is -2.52. The van der Waals surface area contributed by atoms with Crippen LogP contribution in [0.2, 0.25) is 0 Å². The molecule has 20 heavy (non-hydrogen) atoms. The van der Waals surface area contributed by atoms with Crippen molar-refractivity contribution in [1.82, 2.24) is 10.2 Å². The molecule has 1 amide bonds. The minimum absolute atomic E-state index is 0.187. The lowest BCUT2D eigenvalue weighted by atomic mass is 9.89. The van der Waals surface area contributed by atoms with E-state index >= 15 is 0 Å². The summed E-state index contributed by atoms with van der Waals surface area (Å²) in [4.78, 5) is 14.7. The third kappa shape index (κ3) is 3.04. The van der Waals surface area contributed by atoms with Crippen molar-refractivity contribution < 1.29 is 4.79 Å². The van der Waals surface area contributed by atoms with Crippen LogP contribution in [0.3, 0.4) is 0 Å². The van der Waals surface area contributed by atoms with E-state index in [1.807, 2.05) is 36.9 Å². The second-order valence-electron chi connectivity index (χ2n) is 6.15. The Morgan fingerprint density at radius 2 is 1.80 bits per heavy atom. The van der Waals surface area contributed by atoms with E-state index in [-0.39, 0.29) is 11.4 Å². The third-order valence-electron chi connectivity index (χ3n) is 4.45. The van der Waals surface area contributed by atoms with E-state index < -0.39 is 0 Å². The fourth-order valence-corrected chi connectivity index (χ4v) is 3.12. The highest BCUT2D eigenvalue weighted by atomic mass is 16.2. The fraction of sp³-hybridized carbons (Fsp3) is 0.588. The second-order valence-corrected chi connectivity index (χ2v) is 6.15. The van der Waals surface area contributed by atoms with Crippen LogP contribution in [0.5, 0.6) is 0 Å². The highest BCUT2D eigenvalue weighted by Gasteiger charge is 2.31. The quantitative estimate of drug-likeness (QED) is 0.919. The summed E-state index contributed by atoms with van der Waals surface area (Å²) in [5.74, 6) is 0.194. The van der Waals surface area contributed by atoms with Gasteiger partial charge in [-0.15, -0.1) is 0 Å². The SMILES string of the molecule is CCNC1(C)CCN(C(=O)c2c(C)cccc2C)CC1. The van der Waals surface area contributed by atoms with Crippen molar-refractivity contribution in [2.45, 2.75) is 46.1 Å².